The third kappa shape index (κ3) is 2.07. The van der Waals surface area contributed by atoms with E-state index < -0.39 is 5.97 Å². The topological polar surface area (TPSA) is 64.3 Å². The first kappa shape index (κ1) is 12.2. The average Bonchev–Trinajstić information content (AvgIpc) is 2.71. The van der Waals surface area contributed by atoms with Crippen molar-refractivity contribution in [2.24, 2.45) is 7.05 Å². The number of carboxylic acids is 1. The van der Waals surface area contributed by atoms with Gasteiger partial charge in [-0.3, -0.25) is 0 Å². The molecule has 18 heavy (non-hydrogen) atoms. The quantitative estimate of drug-likeness (QED) is 0.900. The van der Waals surface area contributed by atoms with Crippen molar-refractivity contribution < 1.29 is 14.6 Å². The molecule has 1 N–H and O–H groups in total. The Morgan fingerprint density at radius 3 is 2.67 bits per heavy atom. The molecule has 2 aromatic rings. The highest BCUT2D eigenvalue weighted by Crippen LogP contribution is 2.25. The number of hydrogen-bond acceptors (Lipinski definition) is 3. The van der Waals surface area contributed by atoms with Crippen LogP contribution in [-0.4, -0.2) is 27.7 Å². The minimum Gasteiger partial charge on any atom is -0.496 e. The summed E-state index contributed by atoms with van der Waals surface area (Å²) in [5.41, 5.74) is 1.89. The minimum absolute atomic E-state index is 0.0426. The number of hydrogen-bond donors (Lipinski definition) is 1. The van der Waals surface area contributed by atoms with Gasteiger partial charge >= 0.3 is 5.97 Å². The van der Waals surface area contributed by atoms with Gasteiger partial charge in [-0.25, -0.2) is 9.78 Å². The molecule has 0 saturated carbocycles. The summed E-state index contributed by atoms with van der Waals surface area (Å²) in [4.78, 5) is 15.0. The molecular formula is C13H14N2O3. The van der Waals surface area contributed by atoms with Crippen molar-refractivity contribution >= 4 is 5.97 Å². The highest BCUT2D eigenvalue weighted by atomic mass is 16.5. The van der Waals surface area contributed by atoms with Gasteiger partial charge in [0.2, 0.25) is 0 Å². The van der Waals surface area contributed by atoms with E-state index in [-0.39, 0.29) is 5.69 Å². The smallest absolute Gasteiger partial charge is 0.356 e. The fraction of sp³-hybridized carbons (Fsp3) is 0.231. The summed E-state index contributed by atoms with van der Waals surface area (Å²) in [5, 5.41) is 8.91. The molecule has 0 aliphatic heterocycles. The van der Waals surface area contributed by atoms with Crippen molar-refractivity contribution in [1.29, 1.82) is 0 Å². The van der Waals surface area contributed by atoms with E-state index >= 15 is 0 Å². The van der Waals surface area contributed by atoms with Crippen LogP contribution in [0.25, 0.3) is 11.4 Å². The highest BCUT2D eigenvalue weighted by molar-refractivity contribution is 5.86. The molecule has 0 aliphatic rings. The molecule has 2 rings (SSSR count). The van der Waals surface area contributed by atoms with Crippen LogP contribution in [0.15, 0.2) is 24.4 Å². The predicted octanol–water partition coefficient (Wildman–Crippen LogP) is 2.10. The number of rotatable bonds is 3. The van der Waals surface area contributed by atoms with Crippen molar-refractivity contribution in [2.75, 3.05) is 7.11 Å². The van der Waals surface area contributed by atoms with Crippen molar-refractivity contribution in [3.05, 3.63) is 35.7 Å². The van der Waals surface area contributed by atoms with Gasteiger partial charge in [-0.05, 0) is 30.7 Å². The monoisotopic (exact) mass is 246 g/mol. The van der Waals surface area contributed by atoms with Crippen LogP contribution >= 0.6 is 0 Å². The molecule has 1 aromatic heterocycles. The van der Waals surface area contributed by atoms with Crippen molar-refractivity contribution in [2.45, 2.75) is 6.92 Å². The molecule has 0 atom stereocenters. The molecule has 5 nitrogen and oxygen atoms in total. The summed E-state index contributed by atoms with van der Waals surface area (Å²) >= 11 is 0. The first-order valence-electron chi connectivity index (χ1n) is 5.44. The summed E-state index contributed by atoms with van der Waals surface area (Å²) in [6.45, 7) is 1.93. The molecule has 94 valence electrons. The number of carbonyl (C=O) groups is 1. The molecule has 0 unspecified atom stereocenters. The SMILES string of the molecule is COc1ccc(-c2nc(C(=O)O)cn2C)cc1C. The number of ether oxygens (including phenoxy) is 1. The molecule has 5 heteroatoms. The number of aryl methyl sites for hydroxylation is 2. The normalized spacial score (nSPS) is 10.4. The second-order valence-electron chi connectivity index (χ2n) is 4.05. The number of aromatic nitrogens is 2. The second kappa shape index (κ2) is 4.52. The maximum Gasteiger partial charge on any atom is 0.356 e. The molecule has 1 heterocycles. The lowest BCUT2D eigenvalue weighted by Gasteiger charge is -2.07. The van der Waals surface area contributed by atoms with E-state index in [1.807, 2.05) is 25.1 Å². The van der Waals surface area contributed by atoms with Crippen LogP contribution in [0.3, 0.4) is 0 Å². The fourth-order valence-electron chi connectivity index (χ4n) is 1.86. The Hall–Kier alpha value is -2.30. The van der Waals surface area contributed by atoms with E-state index in [0.29, 0.717) is 5.82 Å². The van der Waals surface area contributed by atoms with E-state index in [0.717, 1.165) is 16.9 Å². The molecule has 1 aromatic carbocycles. The average molecular weight is 246 g/mol. The van der Waals surface area contributed by atoms with Gasteiger partial charge in [0.05, 0.1) is 7.11 Å². The number of aromatic carboxylic acids is 1. The largest absolute Gasteiger partial charge is 0.496 e. The van der Waals surface area contributed by atoms with Crippen LogP contribution in [-0.2, 0) is 7.05 Å². The van der Waals surface area contributed by atoms with Gasteiger partial charge in [-0.2, -0.15) is 0 Å². The summed E-state index contributed by atoms with van der Waals surface area (Å²) in [6, 6.07) is 5.63. The Morgan fingerprint density at radius 1 is 1.44 bits per heavy atom. The number of imidazole rings is 1. The summed E-state index contributed by atoms with van der Waals surface area (Å²) < 4.78 is 6.89. The number of methoxy groups -OCH3 is 1. The van der Waals surface area contributed by atoms with Gasteiger partial charge in [-0.15, -0.1) is 0 Å². The van der Waals surface area contributed by atoms with Gasteiger partial charge in [0, 0.05) is 18.8 Å². The molecule has 0 radical (unpaired) electrons. The Bertz CT molecular complexity index is 602. The van der Waals surface area contributed by atoms with Crippen LogP contribution in [0.2, 0.25) is 0 Å². The predicted molar refractivity (Wildman–Crippen MR) is 66.9 cm³/mol. The van der Waals surface area contributed by atoms with E-state index in [1.165, 1.54) is 6.20 Å². The Balaban J connectivity index is 2.48. The van der Waals surface area contributed by atoms with Crippen LogP contribution in [0, 0.1) is 6.92 Å². The van der Waals surface area contributed by atoms with Gasteiger partial charge in [0.1, 0.15) is 11.6 Å². The summed E-state index contributed by atoms with van der Waals surface area (Å²) in [5.74, 6) is 0.395. The van der Waals surface area contributed by atoms with Gasteiger partial charge in [0.15, 0.2) is 5.69 Å². The first-order valence-corrected chi connectivity index (χ1v) is 5.44. The van der Waals surface area contributed by atoms with Crippen LogP contribution in [0.4, 0.5) is 0 Å². The fourth-order valence-corrected chi connectivity index (χ4v) is 1.86. The molecular weight excluding hydrogens is 232 g/mol. The van der Waals surface area contributed by atoms with Crippen molar-refractivity contribution in [3.8, 4) is 17.1 Å². The highest BCUT2D eigenvalue weighted by Gasteiger charge is 2.13. The third-order valence-electron chi connectivity index (χ3n) is 2.75. The van der Waals surface area contributed by atoms with Crippen LogP contribution < -0.4 is 4.74 Å². The Kier molecular flexibility index (Phi) is 3.06. The zero-order chi connectivity index (χ0) is 13.3. The van der Waals surface area contributed by atoms with E-state index in [9.17, 15) is 4.79 Å². The van der Waals surface area contributed by atoms with E-state index in [4.69, 9.17) is 9.84 Å². The second-order valence-corrected chi connectivity index (χ2v) is 4.05. The molecule has 0 spiro atoms. The maximum absolute atomic E-state index is 10.9. The first-order chi connectivity index (χ1) is 8.52. The van der Waals surface area contributed by atoms with Gasteiger partial charge in [-0.1, -0.05) is 0 Å². The van der Waals surface area contributed by atoms with Crippen LogP contribution in [0.5, 0.6) is 5.75 Å². The van der Waals surface area contributed by atoms with E-state index in [1.54, 1.807) is 18.7 Å². The molecule has 0 bridgehead atoms. The lowest BCUT2D eigenvalue weighted by molar-refractivity contribution is 0.0691. The zero-order valence-electron chi connectivity index (χ0n) is 10.5. The Morgan fingerprint density at radius 2 is 2.17 bits per heavy atom. The van der Waals surface area contributed by atoms with Gasteiger partial charge < -0.3 is 14.4 Å². The lowest BCUT2D eigenvalue weighted by Crippen LogP contribution is -1.95. The number of carboxylic acid groups (broad SMARTS) is 1. The standard InChI is InChI=1S/C13H14N2O3/c1-8-6-9(4-5-11(8)18-3)12-14-10(13(16)17)7-15(12)2/h4-7H,1-3H3,(H,16,17). The zero-order valence-corrected chi connectivity index (χ0v) is 10.5. The molecule has 0 aliphatic carbocycles. The van der Waals surface area contributed by atoms with E-state index in [2.05, 4.69) is 4.98 Å². The number of nitrogens with zero attached hydrogens (tertiary/aromatic N) is 2. The maximum atomic E-state index is 10.9. The summed E-state index contributed by atoms with van der Waals surface area (Å²) in [7, 11) is 3.39. The molecule has 0 amide bonds. The molecule has 0 fully saturated rings. The van der Waals surface area contributed by atoms with Crippen molar-refractivity contribution in [1.82, 2.24) is 9.55 Å². The molecule has 0 saturated heterocycles. The lowest BCUT2D eigenvalue weighted by atomic mass is 10.1. The van der Waals surface area contributed by atoms with Crippen LogP contribution in [0.1, 0.15) is 16.1 Å². The Labute approximate surface area is 105 Å². The number of benzene rings is 1. The minimum atomic E-state index is -1.03. The van der Waals surface area contributed by atoms with Gasteiger partial charge in [0.25, 0.3) is 0 Å². The van der Waals surface area contributed by atoms with Crippen molar-refractivity contribution in [3.63, 3.8) is 0 Å². The summed E-state index contributed by atoms with van der Waals surface area (Å²) in [6.07, 6.45) is 1.50. The third-order valence-corrected chi connectivity index (χ3v) is 2.75.